The van der Waals surface area contributed by atoms with Crippen molar-refractivity contribution in [3.05, 3.63) is 24.5 Å². The van der Waals surface area contributed by atoms with Crippen LogP contribution in [-0.4, -0.2) is 17.4 Å². The molecule has 1 rings (SSSR count). The molecule has 0 saturated carbocycles. The summed E-state index contributed by atoms with van der Waals surface area (Å²) in [5, 5.41) is 0. The fourth-order valence-electron chi connectivity index (χ4n) is 1.10. The van der Waals surface area contributed by atoms with Crippen molar-refractivity contribution in [3.8, 4) is 0 Å². The first kappa shape index (κ1) is 12.6. The van der Waals surface area contributed by atoms with Crippen LogP contribution in [0, 0.1) is 0 Å². The Labute approximate surface area is 85.8 Å². The van der Waals surface area contributed by atoms with Gasteiger partial charge >= 0.3 is 0 Å². The predicted molar refractivity (Wildman–Crippen MR) is 59.3 cm³/mol. The van der Waals surface area contributed by atoms with Crippen LogP contribution in [0.2, 0.25) is 0 Å². The summed E-state index contributed by atoms with van der Waals surface area (Å²) in [5.41, 5.74) is 0.854. The van der Waals surface area contributed by atoms with Gasteiger partial charge in [0.2, 0.25) is 5.91 Å². The van der Waals surface area contributed by atoms with E-state index in [-0.39, 0.29) is 5.91 Å². The number of hydrogen-bond acceptors (Lipinski definition) is 2. The number of pyridine rings is 1. The van der Waals surface area contributed by atoms with Crippen molar-refractivity contribution in [2.45, 2.75) is 27.7 Å². The minimum Gasteiger partial charge on any atom is -0.311 e. The third-order valence-corrected chi connectivity index (χ3v) is 1.65. The Bertz CT molecular complexity index is 259. The van der Waals surface area contributed by atoms with Crippen LogP contribution in [0.15, 0.2) is 24.5 Å². The molecule has 0 N–H and O–H groups in total. The first-order valence-corrected chi connectivity index (χ1v) is 4.94. The van der Waals surface area contributed by atoms with Crippen LogP contribution in [0.3, 0.4) is 0 Å². The minimum atomic E-state index is 0.0468. The molecule has 0 unspecified atom stereocenters. The maximum Gasteiger partial charge on any atom is 0.223 e. The average molecular weight is 194 g/mol. The lowest BCUT2D eigenvalue weighted by Gasteiger charge is -2.17. The summed E-state index contributed by atoms with van der Waals surface area (Å²) in [6.45, 7) is 8.17. The van der Waals surface area contributed by atoms with Crippen LogP contribution in [0.5, 0.6) is 0 Å². The summed E-state index contributed by atoms with van der Waals surface area (Å²) < 4.78 is 0. The molecule has 1 aromatic rings. The molecule has 14 heavy (non-hydrogen) atoms. The minimum absolute atomic E-state index is 0.0468. The van der Waals surface area contributed by atoms with Gasteiger partial charge in [0, 0.05) is 19.7 Å². The molecule has 3 heteroatoms. The molecule has 0 aliphatic rings. The second kappa shape index (κ2) is 7.06. The Morgan fingerprint density at radius 3 is 2.50 bits per heavy atom. The van der Waals surface area contributed by atoms with Gasteiger partial charge in [-0.1, -0.05) is 13.8 Å². The summed E-state index contributed by atoms with van der Waals surface area (Å²) >= 11 is 0. The summed E-state index contributed by atoms with van der Waals surface area (Å²) in [6.07, 6.45) is 3.38. The fraction of sp³-hybridized carbons (Fsp3) is 0.455. The van der Waals surface area contributed by atoms with Gasteiger partial charge in [-0.25, -0.2) is 0 Å². The van der Waals surface area contributed by atoms with Gasteiger partial charge in [0.25, 0.3) is 0 Å². The van der Waals surface area contributed by atoms with E-state index in [0.29, 0.717) is 6.54 Å². The van der Waals surface area contributed by atoms with Crippen molar-refractivity contribution in [2.75, 3.05) is 11.4 Å². The number of carbonyl (C=O) groups excluding carboxylic acids is 1. The standard InChI is InChI=1S/C9H12N2O.C2H6/c1-3-11(8(2)12)9-5-4-6-10-7-9;1-2/h4-7H,3H2,1-2H3;1-2H3. The lowest BCUT2D eigenvalue weighted by atomic mass is 10.3. The first-order valence-electron chi connectivity index (χ1n) is 4.94. The maximum atomic E-state index is 11.1. The second-order valence-electron chi connectivity index (χ2n) is 2.47. The molecule has 0 bridgehead atoms. The Morgan fingerprint density at radius 1 is 1.50 bits per heavy atom. The lowest BCUT2D eigenvalue weighted by molar-refractivity contribution is -0.116. The molecule has 1 heterocycles. The highest BCUT2D eigenvalue weighted by Crippen LogP contribution is 2.10. The van der Waals surface area contributed by atoms with Gasteiger partial charge in [-0.15, -0.1) is 0 Å². The Hall–Kier alpha value is -1.38. The van der Waals surface area contributed by atoms with Crippen LogP contribution < -0.4 is 4.90 Å². The normalized spacial score (nSPS) is 8.57. The van der Waals surface area contributed by atoms with Crippen LogP contribution in [0.25, 0.3) is 0 Å². The topological polar surface area (TPSA) is 33.2 Å². The zero-order valence-corrected chi connectivity index (χ0v) is 9.32. The quantitative estimate of drug-likeness (QED) is 0.724. The van der Waals surface area contributed by atoms with Crippen molar-refractivity contribution in [3.63, 3.8) is 0 Å². The van der Waals surface area contributed by atoms with Gasteiger partial charge < -0.3 is 4.90 Å². The molecule has 0 aliphatic carbocycles. The van der Waals surface area contributed by atoms with Crippen molar-refractivity contribution >= 4 is 11.6 Å². The van der Waals surface area contributed by atoms with Gasteiger partial charge in [-0.3, -0.25) is 9.78 Å². The van der Waals surface area contributed by atoms with Crippen LogP contribution in [-0.2, 0) is 4.79 Å². The molecular weight excluding hydrogens is 176 g/mol. The van der Waals surface area contributed by atoms with Gasteiger partial charge in [0.15, 0.2) is 0 Å². The summed E-state index contributed by atoms with van der Waals surface area (Å²) in [5.74, 6) is 0.0468. The molecule has 3 nitrogen and oxygen atoms in total. The van der Waals surface area contributed by atoms with E-state index in [1.807, 2.05) is 32.9 Å². The van der Waals surface area contributed by atoms with Crippen molar-refractivity contribution in [1.29, 1.82) is 0 Å². The third kappa shape index (κ3) is 3.56. The van der Waals surface area contributed by atoms with E-state index in [1.54, 1.807) is 24.2 Å². The number of anilines is 1. The van der Waals surface area contributed by atoms with E-state index >= 15 is 0 Å². The molecule has 0 spiro atoms. The molecule has 1 aromatic heterocycles. The number of carbonyl (C=O) groups is 1. The van der Waals surface area contributed by atoms with Crippen LogP contribution >= 0.6 is 0 Å². The van der Waals surface area contributed by atoms with Crippen molar-refractivity contribution in [2.24, 2.45) is 0 Å². The van der Waals surface area contributed by atoms with E-state index in [9.17, 15) is 4.79 Å². The molecule has 0 aliphatic heterocycles. The largest absolute Gasteiger partial charge is 0.311 e. The molecule has 78 valence electrons. The molecule has 0 atom stereocenters. The predicted octanol–water partition coefficient (Wildman–Crippen LogP) is 2.48. The van der Waals surface area contributed by atoms with Crippen LogP contribution in [0.4, 0.5) is 5.69 Å². The van der Waals surface area contributed by atoms with Gasteiger partial charge in [-0.05, 0) is 19.1 Å². The fourth-order valence-corrected chi connectivity index (χ4v) is 1.10. The zero-order chi connectivity index (χ0) is 11.0. The lowest BCUT2D eigenvalue weighted by Crippen LogP contribution is -2.27. The summed E-state index contributed by atoms with van der Waals surface area (Å²) in [4.78, 5) is 16.7. The van der Waals surface area contributed by atoms with Gasteiger partial charge in [-0.2, -0.15) is 0 Å². The highest BCUT2D eigenvalue weighted by atomic mass is 16.2. The summed E-state index contributed by atoms with van der Waals surface area (Å²) in [7, 11) is 0. The van der Waals surface area contributed by atoms with Crippen molar-refractivity contribution < 1.29 is 4.79 Å². The van der Waals surface area contributed by atoms with Gasteiger partial charge in [0.1, 0.15) is 0 Å². The summed E-state index contributed by atoms with van der Waals surface area (Å²) in [6, 6.07) is 3.69. The molecule has 0 saturated heterocycles. The highest BCUT2D eigenvalue weighted by Gasteiger charge is 2.07. The zero-order valence-electron chi connectivity index (χ0n) is 9.32. The number of rotatable bonds is 2. The number of hydrogen-bond donors (Lipinski definition) is 0. The second-order valence-corrected chi connectivity index (χ2v) is 2.47. The van der Waals surface area contributed by atoms with E-state index in [2.05, 4.69) is 4.98 Å². The molecular formula is C11H18N2O. The monoisotopic (exact) mass is 194 g/mol. The maximum absolute atomic E-state index is 11.1. The Balaban J connectivity index is 0.000000791. The molecule has 0 fully saturated rings. The molecule has 0 aromatic carbocycles. The van der Waals surface area contributed by atoms with Crippen LogP contribution in [0.1, 0.15) is 27.7 Å². The van der Waals surface area contributed by atoms with E-state index < -0.39 is 0 Å². The molecule has 1 amide bonds. The SMILES string of the molecule is CC.CCN(C(C)=O)c1cccnc1. The number of aromatic nitrogens is 1. The average Bonchev–Trinajstić information content (AvgIpc) is 2.23. The first-order chi connectivity index (χ1) is 6.75. The van der Waals surface area contributed by atoms with Crippen molar-refractivity contribution in [1.82, 2.24) is 4.98 Å². The molecule has 0 radical (unpaired) electrons. The highest BCUT2D eigenvalue weighted by molar-refractivity contribution is 5.91. The van der Waals surface area contributed by atoms with E-state index in [1.165, 1.54) is 0 Å². The number of amides is 1. The van der Waals surface area contributed by atoms with E-state index in [0.717, 1.165) is 5.69 Å². The Morgan fingerprint density at radius 2 is 2.14 bits per heavy atom. The number of nitrogens with zero attached hydrogens (tertiary/aromatic N) is 2. The van der Waals surface area contributed by atoms with Gasteiger partial charge in [0.05, 0.1) is 11.9 Å². The van der Waals surface area contributed by atoms with E-state index in [4.69, 9.17) is 0 Å². The Kier molecular flexibility index (Phi) is 6.37. The third-order valence-electron chi connectivity index (χ3n) is 1.65. The smallest absolute Gasteiger partial charge is 0.223 e.